The third kappa shape index (κ3) is 6.58. The van der Waals surface area contributed by atoms with Crippen LogP contribution in [0.4, 0.5) is 0 Å². The molecule has 0 unspecified atom stereocenters. The largest absolute Gasteiger partial charge is 0.444 e. The van der Waals surface area contributed by atoms with E-state index in [9.17, 15) is 0 Å². The number of nitrogens with zero attached hydrogens (tertiary/aromatic N) is 3. The molecule has 1 aromatic heterocycles. The summed E-state index contributed by atoms with van der Waals surface area (Å²) in [6.07, 6.45) is 4.99. The van der Waals surface area contributed by atoms with E-state index in [0.717, 1.165) is 69.3 Å². The van der Waals surface area contributed by atoms with Crippen molar-refractivity contribution in [2.24, 2.45) is 4.99 Å². The number of oxazole rings is 1. The smallest absolute Gasteiger partial charge is 0.226 e. The number of likely N-dealkylation sites (tertiary alicyclic amines) is 1. The van der Waals surface area contributed by atoms with Gasteiger partial charge in [0.15, 0.2) is 5.96 Å². The minimum Gasteiger partial charge on any atom is -0.444 e. The van der Waals surface area contributed by atoms with E-state index in [2.05, 4.69) is 22.1 Å². The lowest BCUT2D eigenvalue weighted by Gasteiger charge is -2.34. The molecule has 0 spiro atoms. The number of aromatic nitrogens is 1. The van der Waals surface area contributed by atoms with Crippen LogP contribution in [-0.2, 0) is 16.0 Å². The number of piperidine rings is 1. The van der Waals surface area contributed by atoms with Gasteiger partial charge >= 0.3 is 0 Å². The predicted molar refractivity (Wildman–Crippen MR) is 114 cm³/mol. The van der Waals surface area contributed by atoms with E-state index in [1.165, 1.54) is 0 Å². The number of aliphatic imine (C=N–C) groups is 1. The molecule has 1 fully saturated rings. The maximum absolute atomic E-state index is 5.96. The van der Waals surface area contributed by atoms with Gasteiger partial charge in [0.2, 0.25) is 5.89 Å². The third-order valence-electron chi connectivity index (χ3n) is 4.89. The van der Waals surface area contributed by atoms with E-state index in [4.69, 9.17) is 18.9 Å². The average Bonchev–Trinajstić information content (AvgIpc) is 3.24. The van der Waals surface area contributed by atoms with Crippen LogP contribution < -0.4 is 5.32 Å². The SMILES string of the molecule is CCNC(=NCc1coc(-c2ccccc2)n1)N1CCC(OCCCOC)CC1. The topological polar surface area (TPSA) is 72.1 Å². The summed E-state index contributed by atoms with van der Waals surface area (Å²) in [5, 5.41) is 3.40. The second-order valence-electron chi connectivity index (χ2n) is 7.08. The van der Waals surface area contributed by atoms with Crippen LogP contribution in [0.1, 0.15) is 31.9 Å². The summed E-state index contributed by atoms with van der Waals surface area (Å²) in [6, 6.07) is 9.92. The van der Waals surface area contributed by atoms with Crippen LogP contribution in [0, 0.1) is 0 Å². The predicted octanol–water partition coefficient (Wildman–Crippen LogP) is 3.32. The fourth-order valence-corrected chi connectivity index (χ4v) is 3.36. The highest BCUT2D eigenvalue weighted by Crippen LogP contribution is 2.19. The van der Waals surface area contributed by atoms with Gasteiger partial charge in [0.05, 0.1) is 12.6 Å². The van der Waals surface area contributed by atoms with Gasteiger partial charge in [-0.1, -0.05) is 18.2 Å². The fourth-order valence-electron chi connectivity index (χ4n) is 3.36. The Balaban J connectivity index is 1.52. The quantitative estimate of drug-likeness (QED) is 0.395. The second-order valence-corrected chi connectivity index (χ2v) is 7.08. The zero-order valence-corrected chi connectivity index (χ0v) is 17.5. The van der Waals surface area contributed by atoms with E-state index in [0.29, 0.717) is 18.5 Å². The Hall–Kier alpha value is -2.38. The summed E-state index contributed by atoms with van der Waals surface area (Å²) in [4.78, 5) is 11.6. The van der Waals surface area contributed by atoms with Gasteiger partial charge in [-0.2, -0.15) is 0 Å². The van der Waals surface area contributed by atoms with Crippen molar-refractivity contribution in [3.05, 3.63) is 42.3 Å². The van der Waals surface area contributed by atoms with Crippen LogP contribution in [0.5, 0.6) is 0 Å². The summed E-state index contributed by atoms with van der Waals surface area (Å²) in [5.74, 6) is 1.56. The number of rotatable bonds is 9. The first-order valence-electron chi connectivity index (χ1n) is 10.4. The zero-order valence-electron chi connectivity index (χ0n) is 17.5. The van der Waals surface area contributed by atoms with Gasteiger partial charge in [-0.05, 0) is 38.3 Å². The molecule has 1 aliphatic rings. The van der Waals surface area contributed by atoms with Crippen molar-refractivity contribution in [2.75, 3.05) is 40.0 Å². The molecule has 1 N–H and O–H groups in total. The average molecular weight is 401 g/mol. The lowest BCUT2D eigenvalue weighted by Crippen LogP contribution is -2.47. The van der Waals surface area contributed by atoms with E-state index < -0.39 is 0 Å². The fraction of sp³-hybridized carbons (Fsp3) is 0.545. The Morgan fingerprint density at radius 1 is 1.24 bits per heavy atom. The molecule has 7 nitrogen and oxygen atoms in total. The van der Waals surface area contributed by atoms with Gasteiger partial charge in [0.25, 0.3) is 0 Å². The lowest BCUT2D eigenvalue weighted by atomic mass is 10.1. The van der Waals surface area contributed by atoms with Gasteiger partial charge in [0, 0.05) is 45.5 Å². The van der Waals surface area contributed by atoms with Crippen molar-refractivity contribution >= 4 is 5.96 Å². The standard InChI is InChI=1S/C22H32N4O3/c1-3-23-22(26-12-10-20(11-13-26)28-15-7-14-27-2)24-16-19-17-29-21(25-19)18-8-5-4-6-9-18/h4-6,8-9,17,20H,3,7,10-16H2,1-2H3,(H,23,24). The zero-order chi connectivity index (χ0) is 20.3. The number of nitrogens with one attached hydrogen (secondary N) is 1. The first kappa shape index (κ1) is 21.3. The molecular weight excluding hydrogens is 368 g/mol. The maximum atomic E-state index is 5.96. The van der Waals surface area contributed by atoms with Crippen LogP contribution in [0.15, 0.2) is 46.0 Å². The Bertz CT molecular complexity index is 740. The van der Waals surface area contributed by atoms with Crippen molar-refractivity contribution in [1.82, 2.24) is 15.2 Å². The molecule has 158 valence electrons. The minimum atomic E-state index is 0.329. The highest BCUT2D eigenvalue weighted by molar-refractivity contribution is 5.80. The molecule has 1 saturated heterocycles. The van der Waals surface area contributed by atoms with Crippen LogP contribution in [0.2, 0.25) is 0 Å². The van der Waals surface area contributed by atoms with Crippen LogP contribution in [0.25, 0.3) is 11.5 Å². The number of guanidine groups is 1. The Morgan fingerprint density at radius 3 is 2.76 bits per heavy atom. The Kier molecular flexibility index (Phi) is 8.52. The molecule has 0 atom stereocenters. The van der Waals surface area contributed by atoms with Crippen LogP contribution >= 0.6 is 0 Å². The molecule has 3 rings (SSSR count). The van der Waals surface area contributed by atoms with Gasteiger partial charge in [-0.3, -0.25) is 0 Å². The van der Waals surface area contributed by atoms with Crippen molar-refractivity contribution in [3.63, 3.8) is 0 Å². The van der Waals surface area contributed by atoms with Gasteiger partial charge in [0.1, 0.15) is 12.0 Å². The van der Waals surface area contributed by atoms with E-state index in [-0.39, 0.29) is 0 Å². The molecule has 7 heteroatoms. The minimum absolute atomic E-state index is 0.329. The third-order valence-corrected chi connectivity index (χ3v) is 4.89. The molecule has 2 aromatic rings. The summed E-state index contributed by atoms with van der Waals surface area (Å²) >= 11 is 0. The van der Waals surface area contributed by atoms with Gasteiger partial charge < -0.3 is 24.1 Å². The van der Waals surface area contributed by atoms with E-state index in [1.807, 2.05) is 30.3 Å². The normalized spacial score (nSPS) is 15.7. The summed E-state index contributed by atoms with van der Waals surface area (Å²) < 4.78 is 16.6. The number of ether oxygens (including phenoxy) is 2. The molecule has 1 aliphatic heterocycles. The van der Waals surface area contributed by atoms with Crippen LogP contribution in [0.3, 0.4) is 0 Å². The van der Waals surface area contributed by atoms with E-state index in [1.54, 1.807) is 13.4 Å². The molecule has 2 heterocycles. The molecule has 0 bridgehead atoms. The number of methoxy groups -OCH3 is 1. The number of hydrogen-bond acceptors (Lipinski definition) is 5. The van der Waals surface area contributed by atoms with Crippen molar-refractivity contribution in [1.29, 1.82) is 0 Å². The van der Waals surface area contributed by atoms with Crippen molar-refractivity contribution in [2.45, 2.75) is 38.8 Å². The molecule has 0 amide bonds. The van der Waals surface area contributed by atoms with E-state index >= 15 is 0 Å². The molecule has 1 aromatic carbocycles. The van der Waals surface area contributed by atoms with Crippen LogP contribution in [-0.4, -0.2) is 61.9 Å². The number of hydrogen-bond donors (Lipinski definition) is 1. The molecule has 0 aliphatic carbocycles. The second kappa shape index (κ2) is 11.6. The first-order valence-corrected chi connectivity index (χ1v) is 10.4. The van der Waals surface area contributed by atoms with Crippen molar-refractivity contribution < 1.29 is 13.9 Å². The lowest BCUT2D eigenvalue weighted by molar-refractivity contribution is 0.00990. The maximum Gasteiger partial charge on any atom is 0.226 e. The summed E-state index contributed by atoms with van der Waals surface area (Å²) in [5.41, 5.74) is 1.80. The highest BCUT2D eigenvalue weighted by atomic mass is 16.5. The molecule has 29 heavy (non-hydrogen) atoms. The number of benzene rings is 1. The van der Waals surface area contributed by atoms with Crippen molar-refractivity contribution in [3.8, 4) is 11.5 Å². The summed E-state index contributed by atoms with van der Waals surface area (Å²) in [7, 11) is 1.72. The van der Waals surface area contributed by atoms with Gasteiger partial charge in [-0.25, -0.2) is 9.98 Å². The highest BCUT2D eigenvalue weighted by Gasteiger charge is 2.22. The monoisotopic (exact) mass is 400 g/mol. The Labute approximate surface area is 173 Å². The molecular formula is C22H32N4O3. The molecule has 0 radical (unpaired) electrons. The molecule has 0 saturated carbocycles. The summed E-state index contributed by atoms with van der Waals surface area (Å²) in [6.45, 7) is 6.81. The Morgan fingerprint density at radius 2 is 2.03 bits per heavy atom. The van der Waals surface area contributed by atoms with Gasteiger partial charge in [-0.15, -0.1) is 0 Å². The first-order chi connectivity index (χ1) is 14.3.